The molecule has 5 aromatic rings. The maximum absolute atomic E-state index is 6.20. The van der Waals surface area contributed by atoms with E-state index in [-0.39, 0.29) is 0 Å². The first-order chi connectivity index (χ1) is 16.8. The normalized spacial score (nSPS) is 11.5. The van der Waals surface area contributed by atoms with Crippen molar-refractivity contribution in [1.82, 2.24) is 9.38 Å². The average molecular weight is 446 g/mol. The molecule has 0 aliphatic rings. The van der Waals surface area contributed by atoms with Crippen LogP contribution in [0.15, 0.2) is 109 Å². The number of allylic oxidation sites excluding steroid dienone is 1. The SMILES string of the molecule is C/C(=C\c1ccccc1)c1nc2c(OCc3ccccc3)cccn2c1NCc1ccccc1. The van der Waals surface area contributed by atoms with Crippen molar-refractivity contribution >= 4 is 23.1 Å². The van der Waals surface area contributed by atoms with E-state index >= 15 is 0 Å². The molecule has 0 amide bonds. The number of rotatable bonds is 8. The second-order valence-corrected chi connectivity index (χ2v) is 8.23. The molecule has 4 heteroatoms. The van der Waals surface area contributed by atoms with Gasteiger partial charge < -0.3 is 10.1 Å². The van der Waals surface area contributed by atoms with Crippen LogP contribution in [0.4, 0.5) is 5.82 Å². The van der Waals surface area contributed by atoms with Crippen LogP contribution in [0.25, 0.3) is 17.3 Å². The fourth-order valence-electron chi connectivity index (χ4n) is 3.98. The topological polar surface area (TPSA) is 38.6 Å². The van der Waals surface area contributed by atoms with Gasteiger partial charge in [-0.05, 0) is 47.4 Å². The number of nitrogens with one attached hydrogen (secondary N) is 1. The molecule has 168 valence electrons. The molecule has 0 fully saturated rings. The van der Waals surface area contributed by atoms with Crippen molar-refractivity contribution in [2.24, 2.45) is 0 Å². The van der Waals surface area contributed by atoms with Gasteiger partial charge in [-0.3, -0.25) is 4.40 Å². The molecule has 1 N–H and O–H groups in total. The second-order valence-electron chi connectivity index (χ2n) is 8.23. The van der Waals surface area contributed by atoms with Crippen molar-refractivity contribution in [2.75, 3.05) is 5.32 Å². The summed E-state index contributed by atoms with van der Waals surface area (Å²) in [5, 5.41) is 3.62. The summed E-state index contributed by atoms with van der Waals surface area (Å²) < 4.78 is 8.29. The lowest BCUT2D eigenvalue weighted by Gasteiger charge is -2.11. The molecule has 0 spiro atoms. The van der Waals surface area contributed by atoms with E-state index in [9.17, 15) is 0 Å². The number of nitrogens with zero attached hydrogens (tertiary/aromatic N) is 2. The number of imidazole rings is 1. The van der Waals surface area contributed by atoms with Crippen molar-refractivity contribution in [2.45, 2.75) is 20.1 Å². The minimum atomic E-state index is 0.494. The van der Waals surface area contributed by atoms with Crippen LogP contribution in [0.2, 0.25) is 0 Å². The van der Waals surface area contributed by atoms with E-state index in [2.05, 4.69) is 71.2 Å². The molecule has 0 bridgehead atoms. The maximum Gasteiger partial charge on any atom is 0.181 e. The Balaban J connectivity index is 1.53. The molecule has 2 aromatic heterocycles. The maximum atomic E-state index is 6.20. The minimum absolute atomic E-state index is 0.494. The van der Waals surface area contributed by atoms with Crippen molar-refractivity contribution in [1.29, 1.82) is 0 Å². The molecule has 0 aliphatic carbocycles. The zero-order valence-electron chi connectivity index (χ0n) is 19.2. The molecule has 5 rings (SSSR count). The molecule has 3 aromatic carbocycles. The van der Waals surface area contributed by atoms with Crippen LogP contribution in [0.5, 0.6) is 5.75 Å². The van der Waals surface area contributed by atoms with E-state index in [1.54, 1.807) is 0 Å². The highest BCUT2D eigenvalue weighted by atomic mass is 16.5. The van der Waals surface area contributed by atoms with Crippen LogP contribution in [-0.4, -0.2) is 9.38 Å². The van der Waals surface area contributed by atoms with Crippen LogP contribution in [-0.2, 0) is 13.2 Å². The van der Waals surface area contributed by atoms with Crippen molar-refractivity contribution in [3.63, 3.8) is 0 Å². The van der Waals surface area contributed by atoms with Gasteiger partial charge in [-0.2, -0.15) is 0 Å². The fraction of sp³-hybridized carbons (Fsp3) is 0.100. The third kappa shape index (κ3) is 4.86. The molecule has 2 heterocycles. The lowest BCUT2D eigenvalue weighted by atomic mass is 10.1. The summed E-state index contributed by atoms with van der Waals surface area (Å²) in [4.78, 5) is 5.04. The highest BCUT2D eigenvalue weighted by molar-refractivity contribution is 5.85. The molecule has 0 saturated carbocycles. The highest BCUT2D eigenvalue weighted by Gasteiger charge is 2.17. The molecule has 34 heavy (non-hydrogen) atoms. The number of hydrogen-bond donors (Lipinski definition) is 1. The van der Waals surface area contributed by atoms with E-state index in [4.69, 9.17) is 9.72 Å². The smallest absolute Gasteiger partial charge is 0.181 e. The predicted molar refractivity (Wildman–Crippen MR) is 140 cm³/mol. The van der Waals surface area contributed by atoms with Gasteiger partial charge in [-0.25, -0.2) is 4.98 Å². The molecule has 0 radical (unpaired) electrons. The van der Waals surface area contributed by atoms with E-state index < -0.39 is 0 Å². The average Bonchev–Trinajstić information content (AvgIpc) is 3.27. The van der Waals surface area contributed by atoms with E-state index in [1.165, 1.54) is 5.56 Å². The molecule has 0 atom stereocenters. The Labute approximate surface area is 200 Å². The van der Waals surface area contributed by atoms with Gasteiger partial charge >= 0.3 is 0 Å². The monoisotopic (exact) mass is 445 g/mol. The van der Waals surface area contributed by atoms with Crippen molar-refractivity contribution in [3.8, 4) is 5.75 Å². The quantitative estimate of drug-likeness (QED) is 0.277. The Hall–Kier alpha value is -4.31. The molecule has 0 aliphatic heterocycles. The number of benzene rings is 3. The predicted octanol–water partition coefficient (Wildman–Crippen LogP) is 7.09. The largest absolute Gasteiger partial charge is 0.485 e. The Bertz CT molecular complexity index is 1390. The molecule has 0 saturated heterocycles. The van der Waals surface area contributed by atoms with Crippen molar-refractivity contribution in [3.05, 3.63) is 132 Å². The summed E-state index contributed by atoms with van der Waals surface area (Å²) in [5.41, 5.74) is 6.27. The number of pyridine rings is 1. The number of anilines is 1. The number of aromatic nitrogens is 2. The van der Waals surface area contributed by atoms with Crippen LogP contribution in [0, 0.1) is 0 Å². The van der Waals surface area contributed by atoms with Gasteiger partial charge in [0.15, 0.2) is 11.4 Å². The second kappa shape index (κ2) is 10.1. The summed E-state index contributed by atoms with van der Waals surface area (Å²) >= 11 is 0. The van der Waals surface area contributed by atoms with Gasteiger partial charge in [0.25, 0.3) is 0 Å². The molecule has 0 unspecified atom stereocenters. The first kappa shape index (κ1) is 21.5. The molecule has 4 nitrogen and oxygen atoms in total. The van der Waals surface area contributed by atoms with Gasteiger partial charge in [0, 0.05) is 12.7 Å². The van der Waals surface area contributed by atoms with Gasteiger partial charge in [0.2, 0.25) is 0 Å². The Morgan fingerprint density at radius 2 is 1.47 bits per heavy atom. The highest BCUT2D eigenvalue weighted by Crippen LogP contribution is 2.31. The first-order valence-electron chi connectivity index (χ1n) is 11.5. The lowest BCUT2D eigenvalue weighted by Crippen LogP contribution is -2.04. The third-order valence-electron chi connectivity index (χ3n) is 5.71. The van der Waals surface area contributed by atoms with E-state index in [1.807, 2.05) is 60.8 Å². The zero-order valence-corrected chi connectivity index (χ0v) is 19.2. The Morgan fingerprint density at radius 1 is 0.824 bits per heavy atom. The van der Waals surface area contributed by atoms with E-state index in [0.717, 1.165) is 39.6 Å². The summed E-state index contributed by atoms with van der Waals surface area (Å²) in [6, 6.07) is 34.9. The van der Waals surface area contributed by atoms with Crippen LogP contribution in [0.1, 0.15) is 29.3 Å². The fourth-order valence-corrected chi connectivity index (χ4v) is 3.98. The van der Waals surface area contributed by atoms with Crippen molar-refractivity contribution < 1.29 is 4.74 Å². The Morgan fingerprint density at radius 3 is 2.18 bits per heavy atom. The summed E-state index contributed by atoms with van der Waals surface area (Å²) in [6.07, 6.45) is 4.20. The number of ether oxygens (including phenoxy) is 1. The van der Waals surface area contributed by atoms with Crippen LogP contribution >= 0.6 is 0 Å². The van der Waals surface area contributed by atoms with Gasteiger partial charge in [0.05, 0.1) is 0 Å². The molecular weight excluding hydrogens is 418 g/mol. The van der Waals surface area contributed by atoms with Gasteiger partial charge in [-0.15, -0.1) is 0 Å². The number of fused-ring (bicyclic) bond motifs is 1. The molecular formula is C30H27N3O. The van der Waals surface area contributed by atoms with E-state index in [0.29, 0.717) is 13.2 Å². The summed E-state index contributed by atoms with van der Waals surface area (Å²) in [7, 11) is 0. The summed E-state index contributed by atoms with van der Waals surface area (Å²) in [6.45, 7) is 3.30. The minimum Gasteiger partial charge on any atom is -0.485 e. The van der Waals surface area contributed by atoms with Gasteiger partial charge in [-0.1, -0.05) is 91.0 Å². The standard InChI is InChI=1S/C30H27N3O/c1-23(20-24-12-5-2-6-13-24)28-30(31-21-25-14-7-3-8-15-25)33-19-11-18-27(29(33)32-28)34-22-26-16-9-4-10-17-26/h2-20,31H,21-22H2,1H3/b23-20+. The lowest BCUT2D eigenvalue weighted by molar-refractivity contribution is 0.308. The Kier molecular flexibility index (Phi) is 6.39. The van der Waals surface area contributed by atoms with Crippen LogP contribution < -0.4 is 10.1 Å². The van der Waals surface area contributed by atoms with Gasteiger partial charge in [0.1, 0.15) is 18.1 Å². The zero-order chi connectivity index (χ0) is 23.2. The first-order valence-corrected chi connectivity index (χ1v) is 11.5. The van der Waals surface area contributed by atoms with Crippen LogP contribution in [0.3, 0.4) is 0 Å². The number of hydrogen-bond acceptors (Lipinski definition) is 3. The third-order valence-corrected chi connectivity index (χ3v) is 5.71. The summed E-state index contributed by atoms with van der Waals surface area (Å²) in [5.74, 6) is 1.71.